The van der Waals surface area contributed by atoms with Gasteiger partial charge in [0.2, 0.25) is 12.5 Å². The van der Waals surface area contributed by atoms with Crippen LogP contribution >= 0.6 is 0 Å². The molecular formula is C23H19NO5S. The zero-order valence-corrected chi connectivity index (χ0v) is 17.3. The number of methoxy groups -OCH3 is 1. The molecule has 0 saturated carbocycles. The second kappa shape index (κ2) is 6.81. The Morgan fingerprint density at radius 2 is 1.77 bits per heavy atom. The van der Waals surface area contributed by atoms with E-state index >= 15 is 0 Å². The van der Waals surface area contributed by atoms with Crippen LogP contribution in [0.4, 0.5) is 5.69 Å². The van der Waals surface area contributed by atoms with Crippen molar-refractivity contribution in [3.8, 4) is 17.2 Å². The summed E-state index contributed by atoms with van der Waals surface area (Å²) in [6, 6.07) is 18.1. The molecule has 2 aliphatic heterocycles. The molecule has 0 aliphatic carbocycles. The summed E-state index contributed by atoms with van der Waals surface area (Å²) in [5, 5.41) is 0. The number of hydrogen-bond donors (Lipinski definition) is 0. The molecule has 0 atom stereocenters. The minimum atomic E-state index is -3.76. The Morgan fingerprint density at radius 3 is 2.57 bits per heavy atom. The van der Waals surface area contributed by atoms with E-state index in [4.69, 9.17) is 14.2 Å². The first-order valence-electron chi connectivity index (χ1n) is 9.40. The maximum atomic E-state index is 13.5. The van der Waals surface area contributed by atoms with Gasteiger partial charge in [0.15, 0.2) is 11.5 Å². The normalized spacial score (nSPS) is 16.1. The highest BCUT2D eigenvalue weighted by Crippen LogP contribution is 2.46. The third-order valence-corrected chi connectivity index (χ3v) is 7.01. The fourth-order valence-corrected chi connectivity index (χ4v) is 5.43. The molecule has 3 aromatic carbocycles. The van der Waals surface area contributed by atoms with Gasteiger partial charge in [-0.25, -0.2) is 12.7 Å². The number of anilines is 1. The first-order chi connectivity index (χ1) is 14.5. The lowest BCUT2D eigenvalue weighted by atomic mass is 9.97. The van der Waals surface area contributed by atoms with Crippen molar-refractivity contribution in [2.75, 3.05) is 18.2 Å². The number of nitrogens with zero attached hydrogens (tertiary/aromatic N) is 1. The second-order valence-electron chi connectivity index (χ2n) is 7.04. The van der Waals surface area contributed by atoms with Crippen LogP contribution in [0, 0.1) is 6.92 Å². The number of aryl methyl sites for hydroxylation is 1. The number of hydrogen-bond acceptors (Lipinski definition) is 5. The van der Waals surface area contributed by atoms with E-state index in [1.54, 1.807) is 31.5 Å². The Balaban J connectivity index is 1.78. The number of benzene rings is 3. The van der Waals surface area contributed by atoms with Crippen molar-refractivity contribution < 1.29 is 22.6 Å². The molecule has 3 aromatic rings. The maximum absolute atomic E-state index is 13.5. The van der Waals surface area contributed by atoms with E-state index in [1.165, 1.54) is 4.31 Å². The van der Waals surface area contributed by atoms with E-state index < -0.39 is 10.0 Å². The summed E-state index contributed by atoms with van der Waals surface area (Å²) in [6.45, 7) is 2.01. The van der Waals surface area contributed by atoms with Crippen molar-refractivity contribution >= 4 is 21.3 Å². The highest BCUT2D eigenvalue weighted by Gasteiger charge is 2.34. The summed E-state index contributed by atoms with van der Waals surface area (Å²) >= 11 is 0. The summed E-state index contributed by atoms with van der Waals surface area (Å²) < 4.78 is 44.8. The van der Waals surface area contributed by atoms with Crippen LogP contribution in [0.5, 0.6) is 17.2 Å². The van der Waals surface area contributed by atoms with Crippen LogP contribution in [0.3, 0.4) is 0 Å². The molecule has 5 rings (SSSR count). The molecule has 0 bridgehead atoms. The molecule has 0 saturated heterocycles. The van der Waals surface area contributed by atoms with Gasteiger partial charge >= 0.3 is 0 Å². The smallest absolute Gasteiger partial charge is 0.268 e. The van der Waals surface area contributed by atoms with Crippen molar-refractivity contribution in [1.82, 2.24) is 0 Å². The summed E-state index contributed by atoms with van der Waals surface area (Å²) in [6.07, 6.45) is 1.66. The lowest BCUT2D eigenvalue weighted by Gasteiger charge is -2.29. The number of rotatable bonds is 3. The lowest BCUT2D eigenvalue weighted by Crippen LogP contribution is -2.30. The van der Waals surface area contributed by atoms with Gasteiger partial charge in [-0.15, -0.1) is 0 Å². The molecule has 2 aliphatic rings. The molecule has 152 valence electrons. The van der Waals surface area contributed by atoms with Crippen LogP contribution in [0.1, 0.15) is 16.7 Å². The monoisotopic (exact) mass is 421 g/mol. The summed E-state index contributed by atoms with van der Waals surface area (Å²) in [7, 11) is -2.19. The number of sulfonamides is 1. The van der Waals surface area contributed by atoms with Gasteiger partial charge in [0, 0.05) is 17.3 Å². The standard InChI is InChI=1S/C23H19NO5S/c1-15-7-3-5-9-19(15)24-13-18(17-8-4-6-10-22(17)30(24,25)26)16-11-20(27-2)23-21(12-16)28-14-29-23/h3-13H,14H2,1-2H3. The minimum absolute atomic E-state index is 0.120. The average molecular weight is 421 g/mol. The number of fused-ring (bicyclic) bond motifs is 2. The van der Waals surface area contributed by atoms with E-state index in [0.717, 1.165) is 16.7 Å². The Bertz CT molecular complexity index is 1300. The zero-order chi connectivity index (χ0) is 20.9. The molecule has 0 radical (unpaired) electrons. The van der Waals surface area contributed by atoms with Gasteiger partial charge in [-0.05, 0) is 42.3 Å². The molecule has 0 spiro atoms. The van der Waals surface area contributed by atoms with Crippen LogP contribution < -0.4 is 18.5 Å². The summed E-state index contributed by atoms with van der Waals surface area (Å²) in [4.78, 5) is 0.252. The van der Waals surface area contributed by atoms with Crippen LogP contribution in [0.15, 0.2) is 71.8 Å². The van der Waals surface area contributed by atoms with E-state index in [2.05, 4.69) is 0 Å². The topological polar surface area (TPSA) is 65.1 Å². The van der Waals surface area contributed by atoms with Crippen molar-refractivity contribution in [3.63, 3.8) is 0 Å². The van der Waals surface area contributed by atoms with Crippen LogP contribution in [-0.4, -0.2) is 22.3 Å². The number of para-hydroxylation sites is 1. The van der Waals surface area contributed by atoms with Gasteiger partial charge in [-0.3, -0.25) is 0 Å². The van der Waals surface area contributed by atoms with Gasteiger partial charge in [0.05, 0.1) is 17.7 Å². The summed E-state index contributed by atoms with van der Waals surface area (Å²) in [5.74, 6) is 1.65. The SMILES string of the molecule is COc1cc(C2=CN(c3ccccc3C)S(=O)(=O)c3ccccc32)cc2c1OCO2. The Labute approximate surface area is 175 Å². The minimum Gasteiger partial charge on any atom is -0.493 e. The van der Waals surface area contributed by atoms with Crippen molar-refractivity contribution in [3.05, 3.63) is 83.6 Å². The van der Waals surface area contributed by atoms with Crippen LogP contribution in [-0.2, 0) is 10.0 Å². The number of ether oxygens (including phenoxy) is 3. The molecule has 0 fully saturated rings. The van der Waals surface area contributed by atoms with Crippen LogP contribution in [0.2, 0.25) is 0 Å². The van der Waals surface area contributed by atoms with E-state index in [1.807, 2.05) is 49.4 Å². The fraction of sp³-hybridized carbons (Fsp3) is 0.130. The predicted octanol–water partition coefficient (Wildman–Crippen LogP) is 4.33. The predicted molar refractivity (Wildman–Crippen MR) is 113 cm³/mol. The van der Waals surface area contributed by atoms with E-state index in [0.29, 0.717) is 28.5 Å². The van der Waals surface area contributed by atoms with Crippen molar-refractivity contribution in [2.24, 2.45) is 0 Å². The molecule has 0 amide bonds. The Kier molecular flexibility index (Phi) is 4.22. The highest BCUT2D eigenvalue weighted by atomic mass is 32.2. The first kappa shape index (κ1) is 18.6. The summed E-state index contributed by atoms with van der Waals surface area (Å²) in [5.41, 5.74) is 3.62. The molecule has 30 heavy (non-hydrogen) atoms. The third kappa shape index (κ3) is 2.74. The van der Waals surface area contributed by atoms with Crippen molar-refractivity contribution in [2.45, 2.75) is 11.8 Å². The van der Waals surface area contributed by atoms with Gasteiger partial charge < -0.3 is 14.2 Å². The van der Waals surface area contributed by atoms with Gasteiger partial charge in [0.1, 0.15) is 0 Å². The molecule has 6 nitrogen and oxygen atoms in total. The van der Waals surface area contributed by atoms with Crippen LogP contribution in [0.25, 0.3) is 5.57 Å². The zero-order valence-electron chi connectivity index (χ0n) is 16.5. The van der Waals surface area contributed by atoms with Gasteiger partial charge in [0.25, 0.3) is 10.0 Å². The van der Waals surface area contributed by atoms with Gasteiger partial charge in [-0.2, -0.15) is 0 Å². The molecular weight excluding hydrogens is 402 g/mol. The second-order valence-corrected chi connectivity index (χ2v) is 8.82. The highest BCUT2D eigenvalue weighted by molar-refractivity contribution is 7.93. The lowest BCUT2D eigenvalue weighted by molar-refractivity contribution is 0.171. The maximum Gasteiger partial charge on any atom is 0.268 e. The van der Waals surface area contributed by atoms with Crippen molar-refractivity contribution in [1.29, 1.82) is 0 Å². The quantitative estimate of drug-likeness (QED) is 0.630. The Hall–Kier alpha value is -3.45. The largest absolute Gasteiger partial charge is 0.493 e. The van der Waals surface area contributed by atoms with Gasteiger partial charge in [-0.1, -0.05) is 36.4 Å². The van der Waals surface area contributed by atoms with E-state index in [9.17, 15) is 8.42 Å². The third-order valence-electron chi connectivity index (χ3n) is 5.28. The van der Waals surface area contributed by atoms with E-state index in [-0.39, 0.29) is 11.7 Å². The Morgan fingerprint density at radius 1 is 1.00 bits per heavy atom. The first-order valence-corrected chi connectivity index (χ1v) is 10.8. The molecule has 2 heterocycles. The molecule has 7 heteroatoms. The molecule has 0 aromatic heterocycles. The molecule has 0 N–H and O–H groups in total. The molecule has 0 unspecified atom stereocenters. The average Bonchev–Trinajstić information content (AvgIpc) is 3.23. The fourth-order valence-electron chi connectivity index (χ4n) is 3.80.